The van der Waals surface area contributed by atoms with Gasteiger partial charge in [-0.25, -0.2) is 4.79 Å². The van der Waals surface area contributed by atoms with Crippen molar-refractivity contribution in [3.05, 3.63) is 0 Å². The van der Waals surface area contributed by atoms with Gasteiger partial charge in [0.25, 0.3) is 0 Å². The highest BCUT2D eigenvalue weighted by molar-refractivity contribution is 5.78. The number of carbonyl (C=O) groups is 3. The summed E-state index contributed by atoms with van der Waals surface area (Å²) in [6.45, 7) is 4.11. The molecule has 1 heterocycles. The lowest BCUT2D eigenvalue weighted by Gasteiger charge is -2.18. The largest absolute Gasteiger partial charge is 0.353 e. The molecule has 0 saturated carbocycles. The van der Waals surface area contributed by atoms with Gasteiger partial charge in [-0.2, -0.15) is 0 Å². The van der Waals surface area contributed by atoms with Crippen molar-refractivity contribution in [1.29, 1.82) is 0 Å². The summed E-state index contributed by atoms with van der Waals surface area (Å²) < 4.78 is 10.1. The molecule has 2 amide bonds. The van der Waals surface area contributed by atoms with Gasteiger partial charge in [0.15, 0.2) is 11.6 Å². The molecule has 0 aromatic carbocycles. The SMILES string of the molecule is CC(=O)COCN1CCN(COCC(C)=O)C1=O. The van der Waals surface area contributed by atoms with Crippen LogP contribution < -0.4 is 0 Å². The van der Waals surface area contributed by atoms with E-state index in [0.29, 0.717) is 13.1 Å². The fraction of sp³-hybridized carbons (Fsp3) is 0.727. The van der Waals surface area contributed by atoms with Gasteiger partial charge in [-0.3, -0.25) is 19.4 Å². The van der Waals surface area contributed by atoms with Crippen molar-refractivity contribution < 1.29 is 23.9 Å². The van der Waals surface area contributed by atoms with E-state index in [1.807, 2.05) is 0 Å². The number of Topliss-reactive ketones (excluding diaryl/α,β-unsaturated/α-hetero) is 2. The average molecular weight is 258 g/mol. The molecule has 1 fully saturated rings. The first-order valence-corrected chi connectivity index (χ1v) is 5.69. The maximum atomic E-state index is 11.8. The Kier molecular flexibility index (Phi) is 5.73. The zero-order valence-corrected chi connectivity index (χ0v) is 10.7. The Labute approximate surface area is 106 Å². The first kappa shape index (κ1) is 14.6. The molecule has 0 aliphatic carbocycles. The molecule has 1 aliphatic heterocycles. The summed E-state index contributed by atoms with van der Waals surface area (Å²) in [6, 6.07) is -0.206. The second-order valence-corrected chi connectivity index (χ2v) is 4.17. The Morgan fingerprint density at radius 2 is 1.39 bits per heavy atom. The number of urea groups is 1. The van der Waals surface area contributed by atoms with E-state index in [1.54, 1.807) is 0 Å². The lowest BCUT2D eigenvalue weighted by atomic mass is 10.5. The third kappa shape index (κ3) is 4.80. The molecule has 0 aromatic rings. The number of ether oxygens (including phenoxy) is 2. The van der Waals surface area contributed by atoms with Crippen LogP contribution in [0.3, 0.4) is 0 Å². The Balaban J connectivity index is 2.24. The third-order valence-corrected chi connectivity index (χ3v) is 2.29. The highest BCUT2D eigenvalue weighted by Gasteiger charge is 2.28. The van der Waals surface area contributed by atoms with Crippen LogP contribution in [0, 0.1) is 0 Å². The third-order valence-electron chi connectivity index (χ3n) is 2.29. The highest BCUT2D eigenvalue weighted by Crippen LogP contribution is 2.08. The van der Waals surface area contributed by atoms with E-state index in [0.717, 1.165) is 0 Å². The molecule has 0 N–H and O–H groups in total. The molecule has 0 radical (unpaired) electrons. The summed E-state index contributed by atoms with van der Waals surface area (Å²) in [5.74, 6) is -0.161. The smallest absolute Gasteiger partial charge is 0.323 e. The van der Waals surface area contributed by atoms with Crippen molar-refractivity contribution >= 4 is 17.6 Å². The summed E-state index contributed by atoms with van der Waals surface area (Å²) >= 11 is 0. The molecule has 0 bridgehead atoms. The van der Waals surface area contributed by atoms with E-state index in [-0.39, 0.29) is 44.3 Å². The Hall–Kier alpha value is -1.47. The van der Waals surface area contributed by atoms with E-state index in [1.165, 1.54) is 23.6 Å². The Morgan fingerprint density at radius 3 is 1.72 bits per heavy atom. The van der Waals surface area contributed by atoms with Gasteiger partial charge >= 0.3 is 6.03 Å². The van der Waals surface area contributed by atoms with Crippen molar-refractivity contribution in [3.63, 3.8) is 0 Å². The molecule has 1 saturated heterocycles. The molecule has 0 atom stereocenters. The second kappa shape index (κ2) is 7.07. The van der Waals surface area contributed by atoms with Crippen LogP contribution in [0.2, 0.25) is 0 Å². The summed E-state index contributed by atoms with van der Waals surface area (Å²) in [5, 5.41) is 0. The molecular weight excluding hydrogens is 240 g/mol. The number of carbonyl (C=O) groups excluding carboxylic acids is 3. The molecule has 0 spiro atoms. The molecule has 7 nitrogen and oxygen atoms in total. The maximum Gasteiger partial charge on any atom is 0.323 e. The zero-order valence-electron chi connectivity index (χ0n) is 10.7. The van der Waals surface area contributed by atoms with Gasteiger partial charge in [-0.05, 0) is 13.8 Å². The standard InChI is InChI=1S/C11H18N2O5/c1-9(14)5-17-7-12-3-4-13(11(12)16)8-18-6-10(2)15/h3-8H2,1-2H3. The topological polar surface area (TPSA) is 76.2 Å². The van der Waals surface area contributed by atoms with E-state index in [4.69, 9.17) is 9.47 Å². The number of hydrogen-bond donors (Lipinski definition) is 0. The van der Waals surface area contributed by atoms with Crippen molar-refractivity contribution in [2.45, 2.75) is 13.8 Å². The van der Waals surface area contributed by atoms with E-state index >= 15 is 0 Å². The summed E-state index contributed by atoms with van der Waals surface area (Å²) in [5.41, 5.74) is 0. The summed E-state index contributed by atoms with van der Waals surface area (Å²) in [7, 11) is 0. The van der Waals surface area contributed by atoms with E-state index in [2.05, 4.69) is 0 Å². The van der Waals surface area contributed by atoms with Crippen LogP contribution in [-0.4, -0.2) is 67.2 Å². The fourth-order valence-corrected chi connectivity index (χ4v) is 1.47. The minimum atomic E-state index is -0.206. The quantitative estimate of drug-likeness (QED) is 0.605. The average Bonchev–Trinajstić information content (AvgIpc) is 2.60. The van der Waals surface area contributed by atoms with Crippen LogP contribution in [0.4, 0.5) is 4.79 Å². The van der Waals surface area contributed by atoms with Gasteiger partial charge in [0.1, 0.15) is 26.7 Å². The number of nitrogens with zero attached hydrogens (tertiary/aromatic N) is 2. The fourth-order valence-electron chi connectivity index (χ4n) is 1.47. The number of amides is 2. The predicted octanol–water partition coefficient (Wildman–Crippen LogP) is -0.150. The minimum Gasteiger partial charge on any atom is -0.353 e. The molecule has 0 unspecified atom stereocenters. The molecule has 0 aromatic heterocycles. The molecule has 7 heteroatoms. The van der Waals surface area contributed by atoms with Crippen molar-refractivity contribution in [2.24, 2.45) is 0 Å². The van der Waals surface area contributed by atoms with Gasteiger partial charge in [0, 0.05) is 13.1 Å². The Morgan fingerprint density at radius 1 is 1.00 bits per heavy atom. The Bertz CT molecular complexity index is 301. The lowest BCUT2D eigenvalue weighted by Crippen LogP contribution is -2.35. The number of rotatable bonds is 8. The van der Waals surface area contributed by atoms with Gasteiger partial charge in [0.05, 0.1) is 0 Å². The number of hydrogen-bond acceptors (Lipinski definition) is 5. The van der Waals surface area contributed by atoms with Gasteiger partial charge in [0.2, 0.25) is 0 Å². The lowest BCUT2D eigenvalue weighted by molar-refractivity contribution is -0.123. The van der Waals surface area contributed by atoms with Crippen LogP contribution in [0.15, 0.2) is 0 Å². The van der Waals surface area contributed by atoms with Crippen LogP contribution in [0.1, 0.15) is 13.8 Å². The van der Waals surface area contributed by atoms with Gasteiger partial charge < -0.3 is 9.47 Å². The first-order chi connectivity index (χ1) is 8.50. The summed E-state index contributed by atoms with van der Waals surface area (Å²) in [6.07, 6.45) is 0. The van der Waals surface area contributed by atoms with Crippen LogP contribution >= 0.6 is 0 Å². The molecule has 1 rings (SSSR count). The molecule has 1 aliphatic rings. The van der Waals surface area contributed by atoms with E-state index in [9.17, 15) is 14.4 Å². The minimum absolute atomic E-state index is 0.00458. The molecule has 102 valence electrons. The van der Waals surface area contributed by atoms with Gasteiger partial charge in [-0.1, -0.05) is 0 Å². The van der Waals surface area contributed by atoms with Crippen LogP contribution in [0.5, 0.6) is 0 Å². The van der Waals surface area contributed by atoms with E-state index < -0.39 is 0 Å². The predicted molar refractivity (Wildman–Crippen MR) is 61.8 cm³/mol. The monoisotopic (exact) mass is 258 g/mol. The van der Waals surface area contributed by atoms with Gasteiger partial charge in [-0.15, -0.1) is 0 Å². The van der Waals surface area contributed by atoms with Crippen molar-refractivity contribution in [1.82, 2.24) is 9.80 Å². The zero-order chi connectivity index (χ0) is 13.5. The normalized spacial score (nSPS) is 15.3. The summed E-state index contributed by atoms with van der Waals surface area (Å²) in [4.78, 5) is 36.1. The van der Waals surface area contributed by atoms with Crippen molar-refractivity contribution in [2.75, 3.05) is 39.8 Å². The van der Waals surface area contributed by atoms with Crippen LogP contribution in [0.25, 0.3) is 0 Å². The van der Waals surface area contributed by atoms with Crippen LogP contribution in [-0.2, 0) is 19.1 Å². The van der Waals surface area contributed by atoms with Crippen molar-refractivity contribution in [3.8, 4) is 0 Å². The number of ketones is 2. The molecular formula is C11H18N2O5. The first-order valence-electron chi connectivity index (χ1n) is 5.69. The molecule has 18 heavy (non-hydrogen) atoms. The maximum absolute atomic E-state index is 11.8. The highest BCUT2D eigenvalue weighted by atomic mass is 16.5. The second-order valence-electron chi connectivity index (χ2n) is 4.17.